The van der Waals surface area contributed by atoms with E-state index in [4.69, 9.17) is 12.2 Å². The van der Waals surface area contributed by atoms with Crippen molar-refractivity contribution in [1.82, 2.24) is 5.32 Å². The molecule has 0 aromatic carbocycles. The van der Waals surface area contributed by atoms with Gasteiger partial charge >= 0.3 is 0 Å². The van der Waals surface area contributed by atoms with Crippen LogP contribution in [0.4, 0.5) is 0 Å². The molecule has 0 rings (SSSR count). The molecule has 1 nitrogen and oxygen atoms in total. The van der Waals surface area contributed by atoms with Gasteiger partial charge in [-0.1, -0.05) is 46.0 Å². The Hall–Kier alpha value is -0.370. The van der Waals surface area contributed by atoms with Crippen LogP contribution in [0.2, 0.25) is 0 Å². The fraction of sp³-hybridized carbons (Fsp3) is 0.667. The molecular weight excluding hydrogens is 154 g/mol. The highest BCUT2D eigenvalue weighted by atomic mass is 32.1. The lowest BCUT2D eigenvalue weighted by molar-refractivity contribution is 0.826. The van der Waals surface area contributed by atoms with Gasteiger partial charge < -0.3 is 5.32 Å². The van der Waals surface area contributed by atoms with E-state index in [-0.39, 0.29) is 0 Å². The summed E-state index contributed by atoms with van der Waals surface area (Å²) in [5.41, 5.74) is 0. The van der Waals surface area contributed by atoms with Crippen LogP contribution in [0.3, 0.4) is 0 Å². The summed E-state index contributed by atoms with van der Waals surface area (Å²) in [4.78, 5) is 0.812. The van der Waals surface area contributed by atoms with Crippen LogP contribution < -0.4 is 5.32 Å². The molecule has 0 aliphatic carbocycles. The first kappa shape index (κ1) is 13.2. The highest BCUT2D eigenvalue weighted by Crippen LogP contribution is 1.90. The Balaban J connectivity index is 0. The van der Waals surface area contributed by atoms with Gasteiger partial charge in [0.05, 0.1) is 4.99 Å². The van der Waals surface area contributed by atoms with Gasteiger partial charge in [0.2, 0.25) is 0 Å². The smallest absolute Gasteiger partial charge is 0.0761 e. The third kappa shape index (κ3) is 17.7. The first-order valence-corrected chi connectivity index (χ1v) is 4.47. The summed E-state index contributed by atoms with van der Waals surface area (Å²) in [5, 5.41) is 2.93. The zero-order valence-corrected chi connectivity index (χ0v) is 8.96. The van der Waals surface area contributed by atoms with Crippen LogP contribution in [-0.2, 0) is 0 Å². The minimum atomic E-state index is 0.590. The van der Waals surface area contributed by atoms with E-state index in [9.17, 15) is 0 Å². The van der Waals surface area contributed by atoms with Crippen LogP contribution in [0.1, 0.15) is 34.6 Å². The summed E-state index contributed by atoms with van der Waals surface area (Å²) in [6, 6.07) is 0. The van der Waals surface area contributed by atoms with Crippen LogP contribution in [0, 0.1) is 5.92 Å². The Bertz CT molecular complexity index is 117. The normalized spacial score (nSPS) is 9.27. The molecule has 0 saturated heterocycles. The summed E-state index contributed by atoms with van der Waals surface area (Å²) in [6.45, 7) is 10.1. The molecule has 0 saturated carbocycles. The highest BCUT2D eigenvalue weighted by Gasteiger charge is 1.81. The van der Waals surface area contributed by atoms with Crippen molar-refractivity contribution in [3.05, 3.63) is 12.3 Å². The monoisotopic (exact) mass is 173 g/mol. The summed E-state index contributed by atoms with van der Waals surface area (Å²) in [6.07, 6.45) is 3.95. The maximum absolute atomic E-state index is 4.79. The van der Waals surface area contributed by atoms with E-state index in [0.29, 0.717) is 5.92 Å². The summed E-state index contributed by atoms with van der Waals surface area (Å²) >= 11 is 4.79. The number of rotatable bonds is 2. The first-order chi connectivity index (χ1) is 5.13. The molecule has 1 N–H and O–H groups in total. The molecule has 0 aliphatic heterocycles. The minimum absolute atomic E-state index is 0.590. The number of allylic oxidation sites excluding steroid dienone is 1. The zero-order chi connectivity index (χ0) is 9.28. The summed E-state index contributed by atoms with van der Waals surface area (Å²) < 4.78 is 0. The molecule has 11 heavy (non-hydrogen) atoms. The van der Waals surface area contributed by atoms with E-state index in [1.54, 1.807) is 0 Å². The van der Waals surface area contributed by atoms with Gasteiger partial charge in [-0.2, -0.15) is 0 Å². The molecule has 0 radical (unpaired) electrons. The minimum Gasteiger partial charge on any atom is -0.357 e. The SMILES string of the molecule is CC.CC(=S)N/C=C\C(C)C. The Labute approximate surface area is 75.9 Å². The first-order valence-electron chi connectivity index (χ1n) is 4.06. The lowest BCUT2D eigenvalue weighted by Crippen LogP contribution is -2.09. The van der Waals surface area contributed by atoms with Crippen LogP contribution in [-0.4, -0.2) is 4.99 Å². The summed E-state index contributed by atoms with van der Waals surface area (Å²) in [7, 11) is 0. The summed E-state index contributed by atoms with van der Waals surface area (Å²) in [5.74, 6) is 0.590. The largest absolute Gasteiger partial charge is 0.357 e. The Morgan fingerprint density at radius 3 is 2.09 bits per heavy atom. The van der Waals surface area contributed by atoms with E-state index >= 15 is 0 Å². The van der Waals surface area contributed by atoms with Crippen molar-refractivity contribution < 1.29 is 0 Å². The van der Waals surface area contributed by atoms with Crippen LogP contribution in [0.15, 0.2) is 12.3 Å². The molecule has 0 fully saturated rings. The Morgan fingerprint density at radius 1 is 1.36 bits per heavy atom. The second-order valence-electron chi connectivity index (χ2n) is 2.30. The predicted molar refractivity (Wildman–Crippen MR) is 56.7 cm³/mol. The van der Waals surface area contributed by atoms with Crippen molar-refractivity contribution in [1.29, 1.82) is 0 Å². The van der Waals surface area contributed by atoms with Gasteiger partial charge in [0, 0.05) is 0 Å². The van der Waals surface area contributed by atoms with Crippen molar-refractivity contribution >= 4 is 17.2 Å². The second kappa shape index (κ2) is 9.63. The van der Waals surface area contributed by atoms with Crippen LogP contribution >= 0.6 is 12.2 Å². The maximum Gasteiger partial charge on any atom is 0.0761 e. The van der Waals surface area contributed by atoms with Gasteiger partial charge in [-0.15, -0.1) is 0 Å². The number of hydrogen-bond donors (Lipinski definition) is 1. The van der Waals surface area contributed by atoms with Crippen LogP contribution in [0.25, 0.3) is 0 Å². The molecule has 0 spiro atoms. The van der Waals surface area contributed by atoms with Gasteiger partial charge in [0.25, 0.3) is 0 Å². The Morgan fingerprint density at radius 2 is 1.82 bits per heavy atom. The molecule has 0 atom stereocenters. The van der Waals surface area contributed by atoms with Crippen molar-refractivity contribution in [2.45, 2.75) is 34.6 Å². The van der Waals surface area contributed by atoms with Gasteiger partial charge in [-0.25, -0.2) is 0 Å². The van der Waals surface area contributed by atoms with Crippen molar-refractivity contribution in [3.8, 4) is 0 Å². The zero-order valence-electron chi connectivity index (χ0n) is 8.14. The molecule has 66 valence electrons. The molecule has 0 bridgehead atoms. The third-order valence-corrected chi connectivity index (χ3v) is 0.886. The molecule has 0 unspecified atom stereocenters. The van der Waals surface area contributed by atoms with E-state index in [1.807, 2.05) is 27.0 Å². The standard InChI is InChI=1S/C7H13NS.C2H6/c1-6(2)4-5-8-7(3)9;1-2/h4-6H,1-3H3,(H,8,9);1-2H3/b5-4-;. The molecule has 0 aromatic heterocycles. The number of thiocarbonyl (C=S) groups is 1. The lowest BCUT2D eigenvalue weighted by atomic mass is 10.2. The topological polar surface area (TPSA) is 12.0 Å². The van der Waals surface area contributed by atoms with Crippen molar-refractivity contribution in [2.75, 3.05) is 0 Å². The average molecular weight is 173 g/mol. The molecule has 0 heterocycles. The number of hydrogen-bond acceptors (Lipinski definition) is 1. The molecule has 0 aromatic rings. The quantitative estimate of drug-likeness (QED) is 0.644. The molecular formula is C9H19NS. The molecule has 0 amide bonds. The van der Waals surface area contributed by atoms with Crippen LogP contribution in [0.5, 0.6) is 0 Å². The lowest BCUT2D eigenvalue weighted by Gasteiger charge is -1.95. The Kier molecular flexibility index (Phi) is 11.6. The van der Waals surface area contributed by atoms with E-state index in [0.717, 1.165) is 4.99 Å². The van der Waals surface area contributed by atoms with Gasteiger partial charge in [0.1, 0.15) is 0 Å². The second-order valence-corrected chi connectivity index (χ2v) is 2.92. The van der Waals surface area contributed by atoms with E-state index in [2.05, 4.69) is 25.2 Å². The van der Waals surface area contributed by atoms with Gasteiger partial charge in [0.15, 0.2) is 0 Å². The molecule has 2 heteroatoms. The van der Waals surface area contributed by atoms with Crippen molar-refractivity contribution in [3.63, 3.8) is 0 Å². The van der Waals surface area contributed by atoms with Gasteiger partial charge in [-0.3, -0.25) is 0 Å². The predicted octanol–water partition coefficient (Wildman–Crippen LogP) is 3.12. The average Bonchev–Trinajstić information content (AvgIpc) is 1.90. The third-order valence-electron chi connectivity index (χ3n) is 0.768. The highest BCUT2D eigenvalue weighted by molar-refractivity contribution is 7.80. The fourth-order valence-corrected chi connectivity index (χ4v) is 0.426. The fourth-order valence-electron chi connectivity index (χ4n) is 0.358. The molecule has 0 aliphatic rings. The van der Waals surface area contributed by atoms with E-state index in [1.165, 1.54) is 0 Å². The van der Waals surface area contributed by atoms with Gasteiger partial charge in [-0.05, 0) is 19.0 Å². The maximum atomic E-state index is 4.79. The van der Waals surface area contributed by atoms with E-state index < -0.39 is 0 Å². The number of nitrogens with one attached hydrogen (secondary N) is 1. The van der Waals surface area contributed by atoms with Crippen molar-refractivity contribution in [2.24, 2.45) is 5.92 Å².